The van der Waals surface area contributed by atoms with E-state index in [4.69, 9.17) is 16.3 Å². The summed E-state index contributed by atoms with van der Waals surface area (Å²) in [6, 6.07) is 17.6. The van der Waals surface area contributed by atoms with Crippen molar-refractivity contribution in [1.29, 1.82) is 0 Å². The molecule has 32 heavy (non-hydrogen) atoms. The van der Waals surface area contributed by atoms with Crippen LogP contribution in [0.2, 0.25) is 5.02 Å². The third kappa shape index (κ3) is 5.06. The van der Waals surface area contributed by atoms with Crippen LogP contribution in [-0.2, 0) is 9.53 Å². The molecular formula is C22H18ClN5O3S. The number of fused-ring (bicyclic) bond motifs is 1. The van der Waals surface area contributed by atoms with Crippen molar-refractivity contribution in [2.24, 2.45) is 0 Å². The molecule has 2 aromatic carbocycles. The predicted octanol–water partition coefficient (Wildman–Crippen LogP) is 4.35. The fourth-order valence-corrected chi connectivity index (χ4v) is 3.68. The summed E-state index contributed by atoms with van der Waals surface area (Å²) in [6.45, 7) is 2.05. The third-order valence-corrected chi connectivity index (χ3v) is 5.56. The number of nitrogens with one attached hydrogen (secondary N) is 1. The average molecular weight is 468 g/mol. The summed E-state index contributed by atoms with van der Waals surface area (Å²) in [7, 11) is 0. The van der Waals surface area contributed by atoms with Crippen molar-refractivity contribution in [2.75, 3.05) is 17.7 Å². The van der Waals surface area contributed by atoms with Crippen molar-refractivity contribution in [1.82, 2.24) is 19.8 Å². The van der Waals surface area contributed by atoms with Gasteiger partial charge in [0.1, 0.15) is 0 Å². The zero-order chi connectivity index (χ0) is 22.5. The number of benzene rings is 2. The summed E-state index contributed by atoms with van der Waals surface area (Å²) in [5, 5.41) is 16.8. The molecule has 0 aliphatic carbocycles. The van der Waals surface area contributed by atoms with Crippen molar-refractivity contribution in [3.05, 3.63) is 71.2 Å². The van der Waals surface area contributed by atoms with Crippen LogP contribution in [0.15, 0.2) is 65.8 Å². The Morgan fingerprint density at radius 1 is 1.03 bits per heavy atom. The average Bonchev–Trinajstić information content (AvgIpc) is 3.21. The molecule has 4 aromatic rings. The molecule has 0 aliphatic rings. The molecule has 1 amide bonds. The minimum absolute atomic E-state index is 0.118. The molecule has 1 N–H and O–H groups in total. The molecule has 0 fully saturated rings. The molecule has 2 aromatic heterocycles. The monoisotopic (exact) mass is 467 g/mol. The van der Waals surface area contributed by atoms with Crippen molar-refractivity contribution in [2.45, 2.75) is 12.1 Å². The smallest absolute Gasteiger partial charge is 0.338 e. The first-order chi connectivity index (χ1) is 15.5. The number of rotatable bonds is 7. The first-order valence-corrected chi connectivity index (χ1v) is 11.1. The second-order valence-corrected chi connectivity index (χ2v) is 7.99. The van der Waals surface area contributed by atoms with E-state index < -0.39 is 5.97 Å². The summed E-state index contributed by atoms with van der Waals surface area (Å²) in [6.07, 6.45) is 0. The van der Waals surface area contributed by atoms with Gasteiger partial charge in [0.15, 0.2) is 5.65 Å². The van der Waals surface area contributed by atoms with Gasteiger partial charge >= 0.3 is 5.97 Å². The number of hydrogen-bond donors (Lipinski definition) is 1. The molecule has 2 heterocycles. The van der Waals surface area contributed by atoms with E-state index in [0.717, 1.165) is 11.3 Å². The number of hydrogen-bond acceptors (Lipinski definition) is 7. The zero-order valence-corrected chi connectivity index (χ0v) is 18.6. The molecule has 10 heteroatoms. The van der Waals surface area contributed by atoms with Gasteiger partial charge in [-0.3, -0.25) is 4.79 Å². The highest BCUT2D eigenvalue weighted by Crippen LogP contribution is 2.22. The van der Waals surface area contributed by atoms with E-state index in [1.54, 1.807) is 47.8 Å². The summed E-state index contributed by atoms with van der Waals surface area (Å²) in [5.41, 5.74) is 3.24. The maximum atomic E-state index is 12.4. The minimum atomic E-state index is -0.398. The van der Waals surface area contributed by atoms with Crippen LogP contribution >= 0.6 is 23.4 Å². The van der Waals surface area contributed by atoms with Gasteiger partial charge in [-0.25, -0.2) is 4.79 Å². The topological polar surface area (TPSA) is 98.5 Å². The van der Waals surface area contributed by atoms with Crippen LogP contribution in [0.4, 0.5) is 5.69 Å². The molecule has 8 nitrogen and oxygen atoms in total. The highest BCUT2D eigenvalue weighted by atomic mass is 35.5. The van der Waals surface area contributed by atoms with Crippen LogP contribution in [0.25, 0.3) is 16.9 Å². The quantitative estimate of drug-likeness (QED) is 0.318. The molecule has 0 unspecified atom stereocenters. The third-order valence-electron chi connectivity index (χ3n) is 4.39. The number of halogens is 1. The summed E-state index contributed by atoms with van der Waals surface area (Å²) in [5.74, 6) is -0.498. The van der Waals surface area contributed by atoms with Gasteiger partial charge in [0.25, 0.3) is 0 Å². The number of carbonyl (C=O) groups is 2. The SMILES string of the molecule is CCOC(=O)c1ccc(NC(=O)CSc2nnc3ccc(-c4ccc(Cl)cc4)nn23)cc1. The van der Waals surface area contributed by atoms with E-state index in [9.17, 15) is 9.59 Å². The molecular weight excluding hydrogens is 450 g/mol. The Balaban J connectivity index is 1.41. The second kappa shape index (κ2) is 9.80. The Bertz CT molecular complexity index is 1260. The second-order valence-electron chi connectivity index (χ2n) is 6.61. The van der Waals surface area contributed by atoms with Crippen molar-refractivity contribution in [3.8, 4) is 11.3 Å². The fraction of sp³-hybridized carbons (Fsp3) is 0.136. The number of ether oxygens (including phenoxy) is 1. The van der Waals surface area contributed by atoms with E-state index >= 15 is 0 Å². The summed E-state index contributed by atoms with van der Waals surface area (Å²) < 4.78 is 6.56. The number of nitrogens with zero attached hydrogens (tertiary/aromatic N) is 4. The molecule has 0 saturated carbocycles. The van der Waals surface area contributed by atoms with Gasteiger partial charge < -0.3 is 10.1 Å². The number of anilines is 1. The van der Waals surface area contributed by atoms with E-state index in [1.165, 1.54) is 11.8 Å². The van der Waals surface area contributed by atoms with E-state index in [2.05, 4.69) is 20.6 Å². The molecule has 0 bridgehead atoms. The molecule has 0 radical (unpaired) electrons. The first kappa shape index (κ1) is 21.8. The van der Waals surface area contributed by atoms with Crippen LogP contribution in [0.5, 0.6) is 0 Å². The molecule has 0 spiro atoms. The lowest BCUT2D eigenvalue weighted by Gasteiger charge is -2.06. The lowest BCUT2D eigenvalue weighted by atomic mass is 10.1. The minimum Gasteiger partial charge on any atom is -0.462 e. The van der Waals surface area contributed by atoms with Gasteiger partial charge in [0.2, 0.25) is 11.1 Å². The standard InChI is InChI=1S/C22H18ClN5O3S/c1-2-31-21(30)15-5-9-17(10-6-15)24-20(29)13-32-22-26-25-19-12-11-18(27-28(19)22)14-3-7-16(23)8-4-14/h3-12H,2,13H2,1H3,(H,24,29). The highest BCUT2D eigenvalue weighted by Gasteiger charge is 2.12. The first-order valence-electron chi connectivity index (χ1n) is 9.71. The Morgan fingerprint density at radius 2 is 1.78 bits per heavy atom. The van der Waals surface area contributed by atoms with Gasteiger partial charge in [-0.05, 0) is 55.5 Å². The van der Waals surface area contributed by atoms with Crippen LogP contribution in [0, 0.1) is 0 Å². The number of amides is 1. The number of esters is 1. The number of aromatic nitrogens is 4. The molecule has 0 aliphatic heterocycles. The molecule has 0 atom stereocenters. The van der Waals surface area contributed by atoms with Crippen LogP contribution < -0.4 is 5.32 Å². The lowest BCUT2D eigenvalue weighted by molar-refractivity contribution is -0.113. The predicted molar refractivity (Wildman–Crippen MR) is 123 cm³/mol. The van der Waals surface area contributed by atoms with Crippen LogP contribution in [0.1, 0.15) is 17.3 Å². The normalized spacial score (nSPS) is 10.8. The van der Waals surface area contributed by atoms with Crippen LogP contribution in [-0.4, -0.2) is 44.0 Å². The highest BCUT2D eigenvalue weighted by molar-refractivity contribution is 7.99. The van der Waals surface area contributed by atoms with Crippen molar-refractivity contribution >= 4 is 46.6 Å². The Morgan fingerprint density at radius 3 is 2.50 bits per heavy atom. The maximum absolute atomic E-state index is 12.4. The van der Waals surface area contributed by atoms with Gasteiger partial charge in [0.05, 0.1) is 23.6 Å². The fourth-order valence-electron chi connectivity index (χ4n) is 2.87. The lowest BCUT2D eigenvalue weighted by Crippen LogP contribution is -2.14. The molecule has 0 saturated heterocycles. The van der Waals surface area contributed by atoms with Crippen LogP contribution in [0.3, 0.4) is 0 Å². The van der Waals surface area contributed by atoms with Gasteiger partial charge in [0, 0.05) is 16.3 Å². The van der Waals surface area contributed by atoms with Gasteiger partial charge in [-0.2, -0.15) is 9.61 Å². The summed E-state index contributed by atoms with van der Waals surface area (Å²) in [4.78, 5) is 24.1. The molecule has 162 valence electrons. The van der Waals surface area contributed by atoms with Gasteiger partial charge in [-0.1, -0.05) is 35.5 Å². The zero-order valence-electron chi connectivity index (χ0n) is 17.0. The van der Waals surface area contributed by atoms with Crippen molar-refractivity contribution < 1.29 is 14.3 Å². The van der Waals surface area contributed by atoms with E-state index in [0.29, 0.717) is 33.7 Å². The molecule has 4 rings (SSSR count). The maximum Gasteiger partial charge on any atom is 0.338 e. The van der Waals surface area contributed by atoms with Crippen molar-refractivity contribution in [3.63, 3.8) is 0 Å². The number of carbonyl (C=O) groups excluding carboxylic acids is 2. The Hall–Kier alpha value is -3.43. The Labute approximate surface area is 192 Å². The summed E-state index contributed by atoms with van der Waals surface area (Å²) >= 11 is 7.18. The Kier molecular flexibility index (Phi) is 6.67. The van der Waals surface area contributed by atoms with Gasteiger partial charge in [-0.15, -0.1) is 10.2 Å². The number of thioether (sulfide) groups is 1. The largest absolute Gasteiger partial charge is 0.462 e. The van der Waals surface area contributed by atoms with E-state index in [1.807, 2.05) is 24.3 Å². The van der Waals surface area contributed by atoms with E-state index in [-0.39, 0.29) is 11.7 Å².